The summed E-state index contributed by atoms with van der Waals surface area (Å²) in [5.74, 6) is 2.57. The SMILES string of the molecule is CCCNC(Cc1nc(C(C)C)no1)CC(C)C. The Balaban J connectivity index is 2.57. The van der Waals surface area contributed by atoms with Crippen LogP contribution in [0.25, 0.3) is 0 Å². The molecule has 0 bridgehead atoms. The van der Waals surface area contributed by atoms with E-state index in [1.807, 2.05) is 0 Å². The molecule has 0 aliphatic heterocycles. The Morgan fingerprint density at radius 3 is 2.44 bits per heavy atom. The first-order valence-corrected chi connectivity index (χ1v) is 7.08. The molecule has 0 saturated carbocycles. The third kappa shape index (κ3) is 5.17. The van der Waals surface area contributed by atoms with Crippen LogP contribution in [0.4, 0.5) is 0 Å². The second-order valence-electron chi connectivity index (χ2n) is 5.69. The summed E-state index contributed by atoms with van der Waals surface area (Å²) in [6.07, 6.45) is 3.12. The molecule has 0 aliphatic carbocycles. The molecule has 1 rings (SSSR count). The summed E-state index contributed by atoms with van der Waals surface area (Å²) >= 11 is 0. The lowest BCUT2D eigenvalue weighted by Gasteiger charge is -2.18. The van der Waals surface area contributed by atoms with Crippen molar-refractivity contribution in [2.24, 2.45) is 5.92 Å². The molecule has 104 valence electrons. The van der Waals surface area contributed by atoms with Gasteiger partial charge in [-0.3, -0.25) is 0 Å². The molecule has 18 heavy (non-hydrogen) atoms. The molecule has 0 aromatic carbocycles. The molecule has 0 spiro atoms. The Hall–Kier alpha value is -0.900. The first-order valence-electron chi connectivity index (χ1n) is 7.08. The Morgan fingerprint density at radius 1 is 1.22 bits per heavy atom. The molecular weight excluding hydrogens is 226 g/mol. The average Bonchev–Trinajstić information content (AvgIpc) is 2.73. The minimum absolute atomic E-state index is 0.328. The maximum absolute atomic E-state index is 5.32. The van der Waals surface area contributed by atoms with Crippen molar-refractivity contribution in [2.45, 2.75) is 65.8 Å². The van der Waals surface area contributed by atoms with Gasteiger partial charge in [0.05, 0.1) is 0 Å². The standard InChI is InChI=1S/C14H27N3O/c1-6-7-15-12(8-10(2)3)9-13-16-14(11(4)5)17-18-13/h10-12,15H,6-9H2,1-5H3. The van der Waals surface area contributed by atoms with Gasteiger partial charge in [0.1, 0.15) is 0 Å². The highest BCUT2D eigenvalue weighted by Gasteiger charge is 2.16. The van der Waals surface area contributed by atoms with Crippen LogP contribution in [0.15, 0.2) is 4.52 Å². The van der Waals surface area contributed by atoms with Gasteiger partial charge in [-0.05, 0) is 25.3 Å². The monoisotopic (exact) mass is 253 g/mol. The average molecular weight is 253 g/mol. The van der Waals surface area contributed by atoms with Gasteiger partial charge in [0.15, 0.2) is 5.82 Å². The molecular formula is C14H27N3O. The van der Waals surface area contributed by atoms with Gasteiger partial charge in [-0.1, -0.05) is 39.8 Å². The molecule has 0 saturated heterocycles. The molecule has 1 atom stereocenters. The van der Waals surface area contributed by atoms with Crippen molar-refractivity contribution in [2.75, 3.05) is 6.54 Å². The summed E-state index contributed by atoms with van der Waals surface area (Å²) in [6.45, 7) is 11.9. The van der Waals surface area contributed by atoms with Crippen LogP contribution in [-0.4, -0.2) is 22.7 Å². The summed E-state index contributed by atoms with van der Waals surface area (Å²) in [5.41, 5.74) is 0. The highest BCUT2D eigenvalue weighted by atomic mass is 16.5. The molecule has 1 N–H and O–H groups in total. The highest BCUT2D eigenvalue weighted by Crippen LogP contribution is 2.13. The van der Waals surface area contributed by atoms with Crippen LogP contribution >= 0.6 is 0 Å². The van der Waals surface area contributed by atoms with E-state index in [2.05, 4.69) is 50.1 Å². The third-order valence-electron chi connectivity index (χ3n) is 2.86. The van der Waals surface area contributed by atoms with E-state index in [0.717, 1.165) is 37.5 Å². The van der Waals surface area contributed by atoms with E-state index >= 15 is 0 Å². The lowest BCUT2D eigenvalue weighted by Crippen LogP contribution is -2.33. The second kappa shape index (κ2) is 7.52. The van der Waals surface area contributed by atoms with Crippen molar-refractivity contribution in [1.29, 1.82) is 0 Å². The van der Waals surface area contributed by atoms with Crippen LogP contribution in [0.3, 0.4) is 0 Å². The Bertz CT molecular complexity index is 334. The predicted octanol–water partition coefficient (Wildman–Crippen LogP) is 3.15. The van der Waals surface area contributed by atoms with Gasteiger partial charge in [-0.2, -0.15) is 4.98 Å². The third-order valence-corrected chi connectivity index (χ3v) is 2.86. The molecule has 1 aromatic heterocycles. The number of nitrogens with one attached hydrogen (secondary N) is 1. The normalized spacial score (nSPS) is 13.5. The van der Waals surface area contributed by atoms with Crippen molar-refractivity contribution in [3.05, 3.63) is 11.7 Å². The van der Waals surface area contributed by atoms with Gasteiger partial charge in [-0.15, -0.1) is 0 Å². The zero-order chi connectivity index (χ0) is 13.5. The summed E-state index contributed by atoms with van der Waals surface area (Å²) in [5, 5.41) is 7.57. The summed E-state index contributed by atoms with van der Waals surface area (Å²) in [6, 6.07) is 0.436. The van der Waals surface area contributed by atoms with E-state index < -0.39 is 0 Å². The van der Waals surface area contributed by atoms with E-state index in [4.69, 9.17) is 4.52 Å². The predicted molar refractivity (Wildman–Crippen MR) is 73.6 cm³/mol. The number of hydrogen-bond donors (Lipinski definition) is 1. The van der Waals surface area contributed by atoms with Crippen molar-refractivity contribution in [3.63, 3.8) is 0 Å². The first-order chi connectivity index (χ1) is 8.52. The van der Waals surface area contributed by atoms with Gasteiger partial charge in [0.2, 0.25) is 5.89 Å². The van der Waals surface area contributed by atoms with Gasteiger partial charge < -0.3 is 9.84 Å². The van der Waals surface area contributed by atoms with Crippen molar-refractivity contribution < 1.29 is 4.52 Å². The number of hydrogen-bond acceptors (Lipinski definition) is 4. The molecule has 1 heterocycles. The lowest BCUT2D eigenvalue weighted by atomic mass is 10.0. The van der Waals surface area contributed by atoms with Crippen LogP contribution in [0.5, 0.6) is 0 Å². The van der Waals surface area contributed by atoms with E-state index in [1.165, 1.54) is 0 Å². The highest BCUT2D eigenvalue weighted by molar-refractivity contribution is 4.93. The first kappa shape index (κ1) is 15.2. The van der Waals surface area contributed by atoms with Gasteiger partial charge >= 0.3 is 0 Å². The molecule has 0 aliphatic rings. The van der Waals surface area contributed by atoms with Crippen LogP contribution in [0, 0.1) is 5.92 Å². The number of aromatic nitrogens is 2. The summed E-state index contributed by atoms with van der Waals surface area (Å²) in [4.78, 5) is 4.45. The molecule has 4 nitrogen and oxygen atoms in total. The van der Waals surface area contributed by atoms with E-state index in [0.29, 0.717) is 17.9 Å². The number of nitrogens with zero attached hydrogens (tertiary/aromatic N) is 2. The van der Waals surface area contributed by atoms with Crippen molar-refractivity contribution in [1.82, 2.24) is 15.5 Å². The molecule has 1 unspecified atom stereocenters. The second-order valence-corrected chi connectivity index (χ2v) is 5.69. The van der Waals surface area contributed by atoms with E-state index in [-0.39, 0.29) is 0 Å². The molecule has 4 heteroatoms. The van der Waals surface area contributed by atoms with E-state index in [9.17, 15) is 0 Å². The molecule has 1 aromatic rings. The fourth-order valence-corrected chi connectivity index (χ4v) is 1.95. The zero-order valence-corrected chi connectivity index (χ0v) is 12.4. The maximum Gasteiger partial charge on any atom is 0.228 e. The van der Waals surface area contributed by atoms with Gasteiger partial charge in [-0.25, -0.2) is 0 Å². The van der Waals surface area contributed by atoms with Crippen molar-refractivity contribution >= 4 is 0 Å². The Labute approximate surface area is 111 Å². The van der Waals surface area contributed by atoms with Crippen LogP contribution in [0.1, 0.15) is 65.1 Å². The smallest absolute Gasteiger partial charge is 0.228 e. The van der Waals surface area contributed by atoms with E-state index in [1.54, 1.807) is 0 Å². The molecule has 0 radical (unpaired) electrons. The topological polar surface area (TPSA) is 51.0 Å². The zero-order valence-electron chi connectivity index (χ0n) is 12.4. The Kier molecular flexibility index (Phi) is 6.33. The maximum atomic E-state index is 5.32. The van der Waals surface area contributed by atoms with Crippen LogP contribution in [-0.2, 0) is 6.42 Å². The fourth-order valence-electron chi connectivity index (χ4n) is 1.95. The van der Waals surface area contributed by atoms with Crippen molar-refractivity contribution in [3.8, 4) is 0 Å². The van der Waals surface area contributed by atoms with Gasteiger partial charge in [0, 0.05) is 18.4 Å². The molecule has 0 fully saturated rings. The lowest BCUT2D eigenvalue weighted by molar-refractivity contribution is 0.335. The van der Waals surface area contributed by atoms with Crippen LogP contribution in [0.2, 0.25) is 0 Å². The largest absolute Gasteiger partial charge is 0.339 e. The number of rotatable bonds is 8. The molecule has 0 amide bonds. The summed E-state index contributed by atoms with van der Waals surface area (Å²) < 4.78 is 5.32. The minimum Gasteiger partial charge on any atom is -0.339 e. The van der Waals surface area contributed by atoms with Gasteiger partial charge in [0.25, 0.3) is 0 Å². The Morgan fingerprint density at radius 2 is 1.94 bits per heavy atom. The quantitative estimate of drug-likeness (QED) is 0.773. The van der Waals surface area contributed by atoms with Crippen LogP contribution < -0.4 is 5.32 Å². The minimum atomic E-state index is 0.328. The fraction of sp³-hybridized carbons (Fsp3) is 0.857. The summed E-state index contributed by atoms with van der Waals surface area (Å²) in [7, 11) is 0.